The summed E-state index contributed by atoms with van der Waals surface area (Å²) in [5.74, 6) is 0.928. The van der Waals surface area contributed by atoms with Gasteiger partial charge in [-0.1, -0.05) is 0 Å². The minimum absolute atomic E-state index is 0.928. The zero-order valence-electron chi connectivity index (χ0n) is 7.96. The van der Waals surface area contributed by atoms with E-state index in [9.17, 15) is 0 Å². The molecule has 0 unspecified atom stereocenters. The Labute approximate surface area is 79.4 Å². The highest BCUT2D eigenvalue weighted by molar-refractivity contribution is 7.80. The standard InChI is InChI=1S/C9H16N2S/c1-7-8(2)10-11(9(7)3)5-4-6-12/h12H,4-6H2,1-3H3. The van der Waals surface area contributed by atoms with Crippen molar-refractivity contribution in [1.82, 2.24) is 9.78 Å². The number of aryl methyl sites for hydroxylation is 2. The molecule has 0 saturated carbocycles. The molecule has 1 aromatic heterocycles. The smallest absolute Gasteiger partial charge is 0.0625 e. The molecule has 0 radical (unpaired) electrons. The van der Waals surface area contributed by atoms with Crippen LogP contribution in [-0.2, 0) is 6.54 Å². The molecule has 0 amide bonds. The van der Waals surface area contributed by atoms with Gasteiger partial charge in [0.15, 0.2) is 0 Å². The van der Waals surface area contributed by atoms with E-state index in [0.29, 0.717) is 0 Å². The summed E-state index contributed by atoms with van der Waals surface area (Å²) in [4.78, 5) is 0. The Hall–Kier alpha value is -0.440. The minimum atomic E-state index is 0.928. The lowest BCUT2D eigenvalue weighted by Gasteiger charge is -2.01. The van der Waals surface area contributed by atoms with Gasteiger partial charge >= 0.3 is 0 Å². The maximum absolute atomic E-state index is 4.43. The van der Waals surface area contributed by atoms with Crippen molar-refractivity contribution < 1.29 is 0 Å². The molecular formula is C9H16N2S. The number of hydrogen-bond acceptors (Lipinski definition) is 2. The Morgan fingerprint density at radius 3 is 2.42 bits per heavy atom. The first-order valence-electron chi connectivity index (χ1n) is 4.28. The van der Waals surface area contributed by atoms with Gasteiger partial charge in [0.1, 0.15) is 0 Å². The van der Waals surface area contributed by atoms with Gasteiger partial charge in [0.05, 0.1) is 5.69 Å². The molecule has 1 aromatic rings. The van der Waals surface area contributed by atoms with Gasteiger partial charge in [0, 0.05) is 12.2 Å². The van der Waals surface area contributed by atoms with E-state index in [4.69, 9.17) is 0 Å². The zero-order chi connectivity index (χ0) is 9.14. The monoisotopic (exact) mass is 184 g/mol. The Bertz CT molecular complexity index is 266. The van der Waals surface area contributed by atoms with Crippen LogP contribution in [-0.4, -0.2) is 15.5 Å². The van der Waals surface area contributed by atoms with Gasteiger partial charge in [-0.25, -0.2) is 0 Å². The molecule has 0 N–H and O–H groups in total. The lowest BCUT2D eigenvalue weighted by Crippen LogP contribution is -2.03. The first-order valence-corrected chi connectivity index (χ1v) is 4.91. The van der Waals surface area contributed by atoms with Crippen LogP contribution in [0.5, 0.6) is 0 Å². The van der Waals surface area contributed by atoms with Gasteiger partial charge in [-0.05, 0) is 38.5 Å². The fourth-order valence-corrected chi connectivity index (χ4v) is 1.37. The second kappa shape index (κ2) is 3.99. The van der Waals surface area contributed by atoms with Crippen molar-refractivity contribution in [2.24, 2.45) is 0 Å². The minimum Gasteiger partial charge on any atom is -0.269 e. The van der Waals surface area contributed by atoms with Crippen LogP contribution in [0, 0.1) is 20.8 Å². The summed E-state index contributed by atoms with van der Waals surface area (Å²) >= 11 is 4.18. The van der Waals surface area contributed by atoms with Crippen LogP contribution < -0.4 is 0 Å². The van der Waals surface area contributed by atoms with Crippen molar-refractivity contribution in [3.8, 4) is 0 Å². The molecule has 0 spiro atoms. The Balaban J connectivity index is 2.79. The molecule has 1 heterocycles. The summed E-state index contributed by atoms with van der Waals surface area (Å²) in [6.07, 6.45) is 1.09. The predicted octanol–water partition coefficient (Wildman–Crippen LogP) is 2.13. The van der Waals surface area contributed by atoms with Crippen molar-refractivity contribution in [1.29, 1.82) is 0 Å². The van der Waals surface area contributed by atoms with Gasteiger partial charge in [-0.15, -0.1) is 0 Å². The van der Waals surface area contributed by atoms with Gasteiger partial charge < -0.3 is 0 Å². The largest absolute Gasteiger partial charge is 0.269 e. The molecular weight excluding hydrogens is 168 g/mol. The first-order chi connectivity index (χ1) is 5.66. The maximum atomic E-state index is 4.43. The fraction of sp³-hybridized carbons (Fsp3) is 0.667. The molecule has 0 aromatic carbocycles. The van der Waals surface area contributed by atoms with Crippen LogP contribution in [0.25, 0.3) is 0 Å². The Morgan fingerprint density at radius 2 is 2.00 bits per heavy atom. The van der Waals surface area contributed by atoms with Crippen LogP contribution in [0.3, 0.4) is 0 Å². The number of aromatic nitrogens is 2. The van der Waals surface area contributed by atoms with Crippen molar-refractivity contribution in [3.63, 3.8) is 0 Å². The molecule has 1 rings (SSSR count). The number of hydrogen-bond donors (Lipinski definition) is 1. The van der Waals surface area contributed by atoms with Gasteiger partial charge in [0.25, 0.3) is 0 Å². The predicted molar refractivity (Wildman–Crippen MR) is 54.9 cm³/mol. The summed E-state index contributed by atoms with van der Waals surface area (Å²) in [6.45, 7) is 7.28. The van der Waals surface area contributed by atoms with E-state index < -0.39 is 0 Å². The number of thiol groups is 1. The summed E-state index contributed by atoms with van der Waals surface area (Å²) in [7, 11) is 0. The molecule has 3 heteroatoms. The molecule has 0 atom stereocenters. The quantitative estimate of drug-likeness (QED) is 0.712. The molecule has 0 aliphatic rings. The van der Waals surface area contributed by atoms with E-state index in [1.807, 2.05) is 0 Å². The summed E-state index contributed by atoms with van der Waals surface area (Å²) in [5, 5.41) is 4.43. The zero-order valence-corrected chi connectivity index (χ0v) is 8.86. The summed E-state index contributed by atoms with van der Waals surface area (Å²) in [5.41, 5.74) is 3.75. The average Bonchev–Trinajstić information content (AvgIpc) is 2.30. The van der Waals surface area contributed by atoms with Crippen LogP contribution >= 0.6 is 12.6 Å². The van der Waals surface area contributed by atoms with E-state index in [2.05, 4.69) is 43.2 Å². The third kappa shape index (κ3) is 1.83. The average molecular weight is 184 g/mol. The van der Waals surface area contributed by atoms with Crippen molar-refractivity contribution >= 4 is 12.6 Å². The molecule has 12 heavy (non-hydrogen) atoms. The molecule has 0 saturated heterocycles. The number of nitrogens with zero attached hydrogens (tertiary/aromatic N) is 2. The highest BCUT2D eigenvalue weighted by Gasteiger charge is 2.05. The summed E-state index contributed by atoms with van der Waals surface area (Å²) in [6, 6.07) is 0. The van der Waals surface area contributed by atoms with Gasteiger partial charge in [-0.2, -0.15) is 17.7 Å². The number of rotatable bonds is 3. The second-order valence-corrected chi connectivity index (χ2v) is 3.54. The third-order valence-electron chi connectivity index (χ3n) is 2.27. The molecule has 68 valence electrons. The molecule has 0 aliphatic heterocycles. The van der Waals surface area contributed by atoms with Crippen LogP contribution in [0.2, 0.25) is 0 Å². The van der Waals surface area contributed by atoms with Crippen LogP contribution in [0.1, 0.15) is 23.4 Å². The van der Waals surface area contributed by atoms with Gasteiger partial charge in [-0.3, -0.25) is 4.68 Å². The van der Waals surface area contributed by atoms with E-state index >= 15 is 0 Å². The molecule has 0 bridgehead atoms. The van der Waals surface area contributed by atoms with E-state index in [1.165, 1.54) is 11.3 Å². The van der Waals surface area contributed by atoms with E-state index in [-0.39, 0.29) is 0 Å². The Morgan fingerprint density at radius 1 is 1.33 bits per heavy atom. The third-order valence-corrected chi connectivity index (χ3v) is 2.59. The maximum Gasteiger partial charge on any atom is 0.0625 e. The Kier molecular flexibility index (Phi) is 3.20. The highest BCUT2D eigenvalue weighted by atomic mass is 32.1. The van der Waals surface area contributed by atoms with Gasteiger partial charge in [0.2, 0.25) is 0 Å². The highest BCUT2D eigenvalue weighted by Crippen LogP contribution is 2.11. The topological polar surface area (TPSA) is 17.8 Å². The normalized spacial score (nSPS) is 10.7. The summed E-state index contributed by atoms with van der Waals surface area (Å²) < 4.78 is 2.07. The first kappa shape index (κ1) is 9.65. The lowest BCUT2D eigenvalue weighted by atomic mass is 10.2. The van der Waals surface area contributed by atoms with Crippen molar-refractivity contribution in [2.45, 2.75) is 33.7 Å². The van der Waals surface area contributed by atoms with E-state index in [1.54, 1.807) is 0 Å². The lowest BCUT2D eigenvalue weighted by molar-refractivity contribution is 0.586. The molecule has 0 fully saturated rings. The SMILES string of the molecule is Cc1nn(CCCS)c(C)c1C. The van der Waals surface area contributed by atoms with E-state index in [0.717, 1.165) is 24.4 Å². The van der Waals surface area contributed by atoms with Crippen LogP contribution in [0.15, 0.2) is 0 Å². The molecule has 2 nitrogen and oxygen atoms in total. The van der Waals surface area contributed by atoms with Crippen molar-refractivity contribution in [3.05, 3.63) is 17.0 Å². The fourth-order valence-electron chi connectivity index (χ4n) is 1.22. The molecule has 0 aliphatic carbocycles. The van der Waals surface area contributed by atoms with Crippen molar-refractivity contribution in [2.75, 3.05) is 5.75 Å². The second-order valence-electron chi connectivity index (χ2n) is 3.10. The van der Waals surface area contributed by atoms with Crippen LogP contribution in [0.4, 0.5) is 0 Å².